The molecule has 0 saturated carbocycles. The molecular weight excluding hydrogens is 214 g/mol. The van der Waals surface area contributed by atoms with Crippen LogP contribution < -0.4 is 10.6 Å². The van der Waals surface area contributed by atoms with E-state index in [9.17, 15) is 0 Å². The maximum Gasteiger partial charge on any atom is 0.127 e. The van der Waals surface area contributed by atoms with Crippen LogP contribution in [-0.2, 0) is 4.74 Å². The van der Waals surface area contributed by atoms with Gasteiger partial charge in [-0.15, -0.1) is 0 Å². The Morgan fingerprint density at radius 3 is 2.88 bits per heavy atom. The van der Waals surface area contributed by atoms with Crippen LogP contribution in [0.5, 0.6) is 0 Å². The minimum absolute atomic E-state index is 0.335. The fourth-order valence-corrected chi connectivity index (χ4v) is 1.46. The quantitative estimate of drug-likeness (QED) is 0.682. The second-order valence-electron chi connectivity index (χ2n) is 4.23. The molecule has 0 fully saturated rings. The highest BCUT2D eigenvalue weighted by atomic mass is 16.5. The molecule has 0 aliphatic rings. The van der Waals surface area contributed by atoms with Gasteiger partial charge in [0.05, 0.1) is 6.10 Å². The maximum atomic E-state index is 5.48. The second-order valence-corrected chi connectivity index (χ2v) is 4.23. The molecule has 17 heavy (non-hydrogen) atoms. The summed E-state index contributed by atoms with van der Waals surface area (Å²) in [5.74, 6) is 0.887. The molecule has 1 aromatic rings. The number of hydrogen-bond acceptors (Lipinski definition) is 4. The van der Waals surface area contributed by atoms with E-state index in [0.717, 1.165) is 37.5 Å². The maximum absolute atomic E-state index is 5.48. The lowest BCUT2D eigenvalue weighted by Crippen LogP contribution is -2.07. The van der Waals surface area contributed by atoms with E-state index in [4.69, 9.17) is 4.74 Å². The number of hydrogen-bond donors (Lipinski definition) is 2. The van der Waals surface area contributed by atoms with Crippen LogP contribution in [-0.4, -0.2) is 31.3 Å². The zero-order valence-electron chi connectivity index (χ0n) is 11.0. The Bertz CT molecular complexity index is 315. The average molecular weight is 237 g/mol. The molecule has 4 nitrogen and oxygen atoms in total. The third-order valence-electron chi connectivity index (χ3n) is 2.37. The summed E-state index contributed by atoms with van der Waals surface area (Å²) in [7, 11) is 1.87. The van der Waals surface area contributed by atoms with Crippen LogP contribution in [0, 0.1) is 0 Å². The summed E-state index contributed by atoms with van der Waals surface area (Å²) in [6, 6.07) is 3.98. The molecule has 1 aromatic heterocycles. The standard InChI is InChI=1S/C13H23N3O/c1-11(2)17-9-5-4-7-15-12-6-8-16-13(10-12)14-3/h6,8,10-11H,4-5,7,9H2,1-3H3,(H2,14,15,16). The van der Waals surface area contributed by atoms with Gasteiger partial charge in [-0.2, -0.15) is 0 Å². The van der Waals surface area contributed by atoms with E-state index in [0.29, 0.717) is 6.10 Å². The normalized spacial score (nSPS) is 10.6. The van der Waals surface area contributed by atoms with Crippen molar-refractivity contribution in [1.82, 2.24) is 4.98 Å². The summed E-state index contributed by atoms with van der Waals surface area (Å²) < 4.78 is 5.48. The topological polar surface area (TPSA) is 46.2 Å². The van der Waals surface area contributed by atoms with Crippen molar-refractivity contribution in [1.29, 1.82) is 0 Å². The van der Waals surface area contributed by atoms with E-state index in [2.05, 4.69) is 29.5 Å². The molecule has 0 amide bonds. The number of pyridine rings is 1. The Hall–Kier alpha value is -1.29. The van der Waals surface area contributed by atoms with Crippen molar-refractivity contribution in [3.8, 4) is 0 Å². The Balaban J connectivity index is 2.13. The molecule has 1 rings (SSSR count). The monoisotopic (exact) mass is 237 g/mol. The van der Waals surface area contributed by atoms with Crippen molar-refractivity contribution >= 4 is 11.5 Å². The second kappa shape index (κ2) is 7.90. The van der Waals surface area contributed by atoms with Crippen LogP contribution >= 0.6 is 0 Å². The lowest BCUT2D eigenvalue weighted by molar-refractivity contribution is 0.0765. The van der Waals surface area contributed by atoms with Crippen molar-refractivity contribution in [2.75, 3.05) is 30.8 Å². The zero-order chi connectivity index (χ0) is 12.5. The van der Waals surface area contributed by atoms with Gasteiger partial charge in [-0.3, -0.25) is 0 Å². The lowest BCUT2D eigenvalue weighted by atomic mass is 10.3. The molecule has 0 unspecified atom stereocenters. The van der Waals surface area contributed by atoms with Gasteiger partial charge in [0.2, 0.25) is 0 Å². The molecule has 2 N–H and O–H groups in total. The highest BCUT2D eigenvalue weighted by Gasteiger charge is 1.96. The summed E-state index contributed by atoms with van der Waals surface area (Å²) in [5.41, 5.74) is 1.11. The van der Waals surface area contributed by atoms with Gasteiger partial charge in [-0.25, -0.2) is 4.98 Å². The van der Waals surface area contributed by atoms with Crippen LogP contribution in [0.4, 0.5) is 11.5 Å². The Labute approximate surface area is 104 Å². The number of rotatable bonds is 8. The number of nitrogens with one attached hydrogen (secondary N) is 2. The summed E-state index contributed by atoms with van der Waals surface area (Å²) >= 11 is 0. The highest BCUT2D eigenvalue weighted by molar-refractivity contribution is 5.51. The summed E-state index contributed by atoms with van der Waals surface area (Å²) in [4.78, 5) is 4.16. The van der Waals surface area contributed by atoms with Crippen molar-refractivity contribution in [2.45, 2.75) is 32.8 Å². The van der Waals surface area contributed by atoms with Gasteiger partial charge in [-0.05, 0) is 32.8 Å². The first-order chi connectivity index (χ1) is 8.22. The van der Waals surface area contributed by atoms with E-state index in [1.165, 1.54) is 0 Å². The van der Waals surface area contributed by atoms with Gasteiger partial charge in [0.15, 0.2) is 0 Å². The van der Waals surface area contributed by atoms with Crippen molar-refractivity contribution in [3.63, 3.8) is 0 Å². The number of ether oxygens (including phenoxy) is 1. The summed E-state index contributed by atoms with van der Waals surface area (Å²) in [6.45, 7) is 5.94. The van der Waals surface area contributed by atoms with Crippen molar-refractivity contribution in [3.05, 3.63) is 18.3 Å². The SMILES string of the molecule is CNc1cc(NCCCCOC(C)C)ccn1. The van der Waals surface area contributed by atoms with Crippen LogP contribution in [0.3, 0.4) is 0 Å². The third kappa shape index (κ3) is 6.12. The fourth-order valence-electron chi connectivity index (χ4n) is 1.46. The summed E-state index contributed by atoms with van der Waals surface area (Å²) in [6.07, 6.45) is 4.34. The largest absolute Gasteiger partial charge is 0.385 e. The van der Waals surface area contributed by atoms with Gasteiger partial charge < -0.3 is 15.4 Å². The molecule has 96 valence electrons. The zero-order valence-corrected chi connectivity index (χ0v) is 11.0. The van der Waals surface area contributed by atoms with Gasteiger partial charge in [0, 0.05) is 38.1 Å². The minimum Gasteiger partial charge on any atom is -0.385 e. The Kier molecular flexibility index (Phi) is 6.40. The molecule has 0 aliphatic carbocycles. The van der Waals surface area contributed by atoms with Crippen LogP contribution in [0.1, 0.15) is 26.7 Å². The molecule has 0 bridgehead atoms. The fraction of sp³-hybridized carbons (Fsp3) is 0.615. The molecule has 0 aliphatic heterocycles. The minimum atomic E-state index is 0.335. The number of nitrogens with zero attached hydrogens (tertiary/aromatic N) is 1. The van der Waals surface area contributed by atoms with E-state index in [1.807, 2.05) is 19.2 Å². The molecule has 0 aromatic carbocycles. The van der Waals surface area contributed by atoms with E-state index >= 15 is 0 Å². The molecule has 0 saturated heterocycles. The summed E-state index contributed by atoms with van der Waals surface area (Å²) in [5, 5.41) is 6.39. The molecule has 0 atom stereocenters. The highest BCUT2D eigenvalue weighted by Crippen LogP contribution is 2.11. The first-order valence-electron chi connectivity index (χ1n) is 6.21. The van der Waals surface area contributed by atoms with E-state index < -0.39 is 0 Å². The predicted octanol–water partition coefficient (Wildman–Crippen LogP) is 2.74. The third-order valence-corrected chi connectivity index (χ3v) is 2.37. The smallest absolute Gasteiger partial charge is 0.127 e. The first-order valence-corrected chi connectivity index (χ1v) is 6.21. The molecule has 1 heterocycles. The average Bonchev–Trinajstić information content (AvgIpc) is 2.33. The van der Waals surface area contributed by atoms with E-state index in [1.54, 1.807) is 6.20 Å². The van der Waals surface area contributed by atoms with Gasteiger partial charge in [0.1, 0.15) is 5.82 Å². The Morgan fingerprint density at radius 2 is 2.18 bits per heavy atom. The first kappa shape index (κ1) is 13.8. The molecule has 4 heteroatoms. The van der Waals surface area contributed by atoms with Crippen LogP contribution in [0.15, 0.2) is 18.3 Å². The van der Waals surface area contributed by atoms with E-state index in [-0.39, 0.29) is 0 Å². The molecule has 0 spiro atoms. The van der Waals surface area contributed by atoms with Gasteiger partial charge in [0.25, 0.3) is 0 Å². The molecule has 0 radical (unpaired) electrons. The predicted molar refractivity (Wildman–Crippen MR) is 72.6 cm³/mol. The van der Waals surface area contributed by atoms with Gasteiger partial charge >= 0.3 is 0 Å². The number of unbranched alkanes of at least 4 members (excludes halogenated alkanes) is 1. The number of aromatic nitrogens is 1. The van der Waals surface area contributed by atoms with Crippen molar-refractivity contribution < 1.29 is 4.74 Å². The van der Waals surface area contributed by atoms with Crippen LogP contribution in [0.2, 0.25) is 0 Å². The van der Waals surface area contributed by atoms with Crippen molar-refractivity contribution in [2.24, 2.45) is 0 Å². The molecular formula is C13H23N3O. The number of anilines is 2. The Morgan fingerprint density at radius 1 is 1.35 bits per heavy atom. The van der Waals surface area contributed by atoms with Crippen LogP contribution in [0.25, 0.3) is 0 Å². The lowest BCUT2D eigenvalue weighted by Gasteiger charge is -2.09. The van der Waals surface area contributed by atoms with Gasteiger partial charge in [-0.1, -0.05) is 0 Å².